The summed E-state index contributed by atoms with van der Waals surface area (Å²) in [6.07, 6.45) is 3.24. The minimum absolute atomic E-state index is 0.0386. The summed E-state index contributed by atoms with van der Waals surface area (Å²) in [6.45, 7) is 3.83. The molecule has 1 N–H and O–H groups in total. The van der Waals surface area contributed by atoms with E-state index in [0.717, 1.165) is 37.1 Å². The molecule has 1 saturated carbocycles. The van der Waals surface area contributed by atoms with Gasteiger partial charge < -0.3 is 14.8 Å². The molecule has 0 atom stereocenters. The van der Waals surface area contributed by atoms with Crippen molar-refractivity contribution >= 4 is 11.9 Å². The summed E-state index contributed by atoms with van der Waals surface area (Å²) in [5.41, 5.74) is 2.36. The summed E-state index contributed by atoms with van der Waals surface area (Å²) in [5.74, 6) is -0.778. The number of carbonyl (C=O) groups is 2. The molecule has 0 unspecified atom stereocenters. The molecule has 7 nitrogen and oxygen atoms in total. The van der Waals surface area contributed by atoms with Crippen molar-refractivity contribution in [1.29, 1.82) is 0 Å². The topological polar surface area (TPSA) is 90.4 Å². The molecule has 1 aromatic heterocycles. The molecular weight excluding hydrogens is 358 g/mol. The zero-order chi connectivity index (χ0) is 20.1. The first kappa shape index (κ1) is 19.8. The Morgan fingerprint density at radius 1 is 1.00 bits per heavy atom. The predicted octanol–water partition coefficient (Wildman–Crippen LogP) is 3.00. The van der Waals surface area contributed by atoms with Crippen LogP contribution in [0.4, 0.5) is 0 Å². The van der Waals surface area contributed by atoms with Crippen LogP contribution in [0.3, 0.4) is 0 Å². The van der Waals surface area contributed by atoms with E-state index in [1.807, 2.05) is 19.9 Å². The zero-order valence-electron chi connectivity index (χ0n) is 16.4. The largest absolute Gasteiger partial charge is 0.465 e. The van der Waals surface area contributed by atoms with E-state index in [1.54, 1.807) is 24.3 Å². The molecule has 1 amide bonds. The van der Waals surface area contributed by atoms with E-state index >= 15 is 0 Å². The van der Waals surface area contributed by atoms with Crippen LogP contribution >= 0.6 is 0 Å². The Labute approximate surface area is 164 Å². The van der Waals surface area contributed by atoms with Crippen LogP contribution in [0.5, 0.6) is 6.01 Å². The Hall–Kier alpha value is -2.96. The van der Waals surface area contributed by atoms with Gasteiger partial charge in [-0.1, -0.05) is 12.1 Å². The lowest BCUT2D eigenvalue weighted by atomic mass is 9.92. The van der Waals surface area contributed by atoms with Gasteiger partial charge in [0.1, 0.15) is 6.10 Å². The summed E-state index contributed by atoms with van der Waals surface area (Å²) in [5, 5.41) is 3.02. The van der Waals surface area contributed by atoms with Crippen molar-refractivity contribution in [2.24, 2.45) is 0 Å². The summed E-state index contributed by atoms with van der Waals surface area (Å²) in [6, 6.07) is 9.03. The Morgan fingerprint density at radius 2 is 1.61 bits per heavy atom. The van der Waals surface area contributed by atoms with Crippen molar-refractivity contribution in [3.63, 3.8) is 0 Å². The number of methoxy groups -OCH3 is 1. The van der Waals surface area contributed by atoms with Gasteiger partial charge in [-0.3, -0.25) is 4.79 Å². The highest BCUT2D eigenvalue weighted by Gasteiger charge is 2.26. The second kappa shape index (κ2) is 8.82. The van der Waals surface area contributed by atoms with E-state index in [0.29, 0.717) is 11.6 Å². The number of nitrogens with zero attached hydrogens (tertiary/aromatic N) is 2. The molecule has 0 saturated heterocycles. The van der Waals surface area contributed by atoms with Gasteiger partial charge in [-0.15, -0.1) is 0 Å². The summed E-state index contributed by atoms with van der Waals surface area (Å²) >= 11 is 0. The summed E-state index contributed by atoms with van der Waals surface area (Å²) < 4.78 is 10.7. The van der Waals surface area contributed by atoms with Crippen molar-refractivity contribution in [2.75, 3.05) is 7.11 Å². The van der Waals surface area contributed by atoms with E-state index < -0.39 is 5.97 Å². The van der Waals surface area contributed by atoms with Gasteiger partial charge in [0.05, 0.1) is 18.2 Å². The first-order valence-electron chi connectivity index (χ1n) is 9.43. The van der Waals surface area contributed by atoms with Gasteiger partial charge in [0.2, 0.25) is 0 Å². The number of hydrogen-bond acceptors (Lipinski definition) is 6. The maximum absolute atomic E-state index is 12.6. The van der Waals surface area contributed by atoms with Crippen LogP contribution in [0.2, 0.25) is 0 Å². The Morgan fingerprint density at radius 3 is 2.21 bits per heavy atom. The van der Waals surface area contributed by atoms with Gasteiger partial charge in [-0.2, -0.15) is 0 Å². The molecule has 1 heterocycles. The fraction of sp³-hybridized carbons (Fsp3) is 0.429. The molecule has 0 bridgehead atoms. The standard InChI is InChI=1S/C21H25N3O4/c1-13-12-14(2)23-21(22-13)28-16-10-8-15(9-11-16)24-19(25)17-6-4-5-7-18(17)20(26)27-3/h4-7,12,15-16H,8-11H2,1-3H3,(H,24,25). The van der Waals surface area contributed by atoms with E-state index in [4.69, 9.17) is 9.47 Å². The maximum Gasteiger partial charge on any atom is 0.338 e. The number of esters is 1. The molecule has 2 aromatic rings. The number of nitrogens with one attached hydrogen (secondary N) is 1. The number of aryl methyl sites for hydroxylation is 2. The molecule has 148 valence electrons. The summed E-state index contributed by atoms with van der Waals surface area (Å²) in [4.78, 5) is 33.1. The van der Waals surface area contributed by atoms with Crippen molar-refractivity contribution in [3.05, 3.63) is 52.8 Å². The van der Waals surface area contributed by atoms with Gasteiger partial charge in [-0.25, -0.2) is 14.8 Å². The van der Waals surface area contributed by atoms with Crippen molar-refractivity contribution in [3.8, 4) is 6.01 Å². The lowest BCUT2D eigenvalue weighted by Crippen LogP contribution is -2.40. The highest BCUT2D eigenvalue weighted by molar-refractivity contribution is 6.05. The smallest absolute Gasteiger partial charge is 0.338 e. The van der Waals surface area contributed by atoms with Crippen LogP contribution in [0.1, 0.15) is 57.8 Å². The average Bonchev–Trinajstić information content (AvgIpc) is 2.68. The second-order valence-corrected chi connectivity index (χ2v) is 7.04. The molecule has 1 fully saturated rings. The quantitative estimate of drug-likeness (QED) is 0.798. The first-order chi connectivity index (χ1) is 13.5. The van der Waals surface area contributed by atoms with E-state index in [-0.39, 0.29) is 23.6 Å². The van der Waals surface area contributed by atoms with E-state index in [9.17, 15) is 9.59 Å². The highest BCUT2D eigenvalue weighted by atomic mass is 16.5. The number of rotatable bonds is 5. The monoisotopic (exact) mass is 383 g/mol. The van der Waals surface area contributed by atoms with Crippen LogP contribution in [-0.4, -0.2) is 41.1 Å². The van der Waals surface area contributed by atoms with Gasteiger partial charge in [0.25, 0.3) is 5.91 Å². The van der Waals surface area contributed by atoms with Crippen molar-refractivity contribution < 1.29 is 19.1 Å². The Balaban J connectivity index is 1.56. The van der Waals surface area contributed by atoms with Crippen LogP contribution in [0, 0.1) is 13.8 Å². The van der Waals surface area contributed by atoms with Crippen LogP contribution < -0.4 is 10.1 Å². The number of aromatic nitrogens is 2. The Bertz CT molecular complexity index is 840. The SMILES string of the molecule is COC(=O)c1ccccc1C(=O)NC1CCC(Oc2nc(C)cc(C)n2)CC1. The van der Waals surface area contributed by atoms with Gasteiger partial charge in [0, 0.05) is 17.4 Å². The molecule has 1 aliphatic carbocycles. The number of benzene rings is 1. The third kappa shape index (κ3) is 4.85. The normalized spacial score (nSPS) is 19.0. The third-order valence-corrected chi connectivity index (χ3v) is 4.82. The molecule has 0 radical (unpaired) electrons. The molecule has 3 rings (SSSR count). The summed E-state index contributed by atoms with van der Waals surface area (Å²) in [7, 11) is 1.30. The molecule has 7 heteroatoms. The molecule has 0 aliphatic heterocycles. The Kier molecular flexibility index (Phi) is 6.23. The van der Waals surface area contributed by atoms with E-state index in [1.165, 1.54) is 7.11 Å². The average molecular weight is 383 g/mol. The lowest BCUT2D eigenvalue weighted by molar-refractivity contribution is 0.0595. The van der Waals surface area contributed by atoms with Crippen molar-refractivity contribution in [2.45, 2.75) is 51.7 Å². The lowest BCUT2D eigenvalue weighted by Gasteiger charge is -2.29. The van der Waals surface area contributed by atoms with Gasteiger partial charge >= 0.3 is 12.0 Å². The van der Waals surface area contributed by atoms with Gasteiger partial charge in [-0.05, 0) is 57.7 Å². The van der Waals surface area contributed by atoms with Crippen LogP contribution in [-0.2, 0) is 4.74 Å². The maximum atomic E-state index is 12.6. The molecule has 1 aliphatic rings. The van der Waals surface area contributed by atoms with Crippen LogP contribution in [0.25, 0.3) is 0 Å². The fourth-order valence-electron chi connectivity index (χ4n) is 3.45. The van der Waals surface area contributed by atoms with Crippen molar-refractivity contribution in [1.82, 2.24) is 15.3 Å². The highest BCUT2D eigenvalue weighted by Crippen LogP contribution is 2.23. The second-order valence-electron chi connectivity index (χ2n) is 7.04. The number of hydrogen-bond donors (Lipinski definition) is 1. The minimum Gasteiger partial charge on any atom is -0.465 e. The number of ether oxygens (including phenoxy) is 2. The minimum atomic E-state index is -0.517. The van der Waals surface area contributed by atoms with Gasteiger partial charge in [0.15, 0.2) is 0 Å². The van der Waals surface area contributed by atoms with Crippen LogP contribution in [0.15, 0.2) is 30.3 Å². The first-order valence-corrected chi connectivity index (χ1v) is 9.43. The zero-order valence-corrected chi connectivity index (χ0v) is 16.4. The molecule has 0 spiro atoms. The number of amides is 1. The fourth-order valence-corrected chi connectivity index (χ4v) is 3.45. The number of carbonyl (C=O) groups excluding carboxylic acids is 2. The third-order valence-electron chi connectivity index (χ3n) is 4.82. The molecule has 28 heavy (non-hydrogen) atoms. The molecule has 1 aromatic carbocycles. The van der Waals surface area contributed by atoms with E-state index in [2.05, 4.69) is 15.3 Å². The molecular formula is C21H25N3O4. The predicted molar refractivity (Wildman–Crippen MR) is 103 cm³/mol.